The molecule has 0 radical (unpaired) electrons. The zero-order valence-corrected chi connectivity index (χ0v) is 17.3. The van der Waals surface area contributed by atoms with E-state index in [1.54, 1.807) is 18.7 Å². The summed E-state index contributed by atoms with van der Waals surface area (Å²) in [5.74, 6) is 1.10. The summed E-state index contributed by atoms with van der Waals surface area (Å²) < 4.78 is 7.26. The Kier molecular flexibility index (Phi) is 4.89. The molecule has 0 saturated carbocycles. The normalized spacial score (nSPS) is 10.9. The van der Waals surface area contributed by atoms with Gasteiger partial charge in [0.2, 0.25) is 5.78 Å². The van der Waals surface area contributed by atoms with Crippen molar-refractivity contribution in [1.29, 1.82) is 0 Å². The Hall–Kier alpha value is -4.04. The van der Waals surface area contributed by atoms with E-state index in [0.29, 0.717) is 17.2 Å². The van der Waals surface area contributed by atoms with E-state index in [1.807, 2.05) is 71.4 Å². The minimum atomic E-state index is -0.262. The predicted octanol–water partition coefficient (Wildman–Crippen LogP) is 4.78. The number of amides is 1. The highest BCUT2D eigenvalue weighted by Crippen LogP contribution is 2.32. The van der Waals surface area contributed by atoms with Gasteiger partial charge >= 0.3 is 0 Å². The predicted molar refractivity (Wildman–Crippen MR) is 120 cm³/mol. The van der Waals surface area contributed by atoms with Crippen LogP contribution in [-0.2, 0) is 0 Å². The molecule has 1 amide bonds. The Balaban J connectivity index is 1.32. The van der Waals surface area contributed by atoms with Crippen LogP contribution in [0.5, 0.6) is 5.75 Å². The van der Waals surface area contributed by atoms with Crippen molar-refractivity contribution in [2.75, 3.05) is 12.4 Å². The van der Waals surface area contributed by atoms with Crippen molar-refractivity contribution in [2.24, 2.45) is 0 Å². The van der Waals surface area contributed by atoms with E-state index < -0.39 is 0 Å². The lowest BCUT2D eigenvalue weighted by atomic mass is 10.1. The molecule has 0 spiro atoms. The summed E-state index contributed by atoms with van der Waals surface area (Å²) in [4.78, 5) is 25.9. The maximum Gasteiger partial charge on any atom is 0.275 e. The number of imidazole rings is 1. The SMILES string of the molecule is COc1ccccc1-c1nc(C(=O)Nc2ccc(-c3cn4cccnc4n3)cc2)cs1. The molecule has 0 unspecified atom stereocenters. The van der Waals surface area contributed by atoms with Crippen LogP contribution in [0.25, 0.3) is 27.6 Å². The highest BCUT2D eigenvalue weighted by molar-refractivity contribution is 7.13. The summed E-state index contributed by atoms with van der Waals surface area (Å²) in [7, 11) is 1.62. The van der Waals surface area contributed by atoms with Gasteiger partial charge in [0.15, 0.2) is 0 Å². The maximum absolute atomic E-state index is 12.7. The summed E-state index contributed by atoms with van der Waals surface area (Å²) in [6.45, 7) is 0. The van der Waals surface area contributed by atoms with Gasteiger partial charge in [-0.2, -0.15) is 0 Å². The van der Waals surface area contributed by atoms with Gasteiger partial charge in [0.1, 0.15) is 16.5 Å². The number of benzene rings is 2. The lowest BCUT2D eigenvalue weighted by molar-refractivity contribution is 0.102. The van der Waals surface area contributed by atoms with E-state index in [9.17, 15) is 4.79 Å². The number of methoxy groups -OCH3 is 1. The van der Waals surface area contributed by atoms with E-state index in [0.717, 1.165) is 27.6 Å². The van der Waals surface area contributed by atoms with E-state index >= 15 is 0 Å². The fraction of sp³-hybridized carbons (Fsp3) is 0.0435. The van der Waals surface area contributed by atoms with Crippen molar-refractivity contribution >= 4 is 28.7 Å². The molecule has 5 rings (SSSR count). The molecule has 0 aliphatic rings. The Morgan fingerprint density at radius 1 is 1.06 bits per heavy atom. The van der Waals surface area contributed by atoms with Crippen molar-refractivity contribution in [3.63, 3.8) is 0 Å². The second-order valence-electron chi connectivity index (χ2n) is 6.72. The number of hydrogen-bond acceptors (Lipinski definition) is 6. The molecule has 0 aliphatic carbocycles. The van der Waals surface area contributed by atoms with Crippen molar-refractivity contribution in [3.8, 4) is 27.6 Å². The average Bonchev–Trinajstić information content (AvgIpc) is 3.47. The average molecular weight is 427 g/mol. The molecule has 8 heteroatoms. The summed E-state index contributed by atoms with van der Waals surface area (Å²) in [6.07, 6.45) is 5.54. The summed E-state index contributed by atoms with van der Waals surface area (Å²) in [5, 5.41) is 5.37. The standard InChI is InChI=1S/C23H17N5O2S/c1-30-20-6-3-2-5-17(20)22-26-19(14-31-22)21(29)25-16-9-7-15(8-10-16)18-13-28-12-4-11-24-23(28)27-18/h2-14H,1H3,(H,25,29). The van der Waals surface area contributed by atoms with E-state index in [2.05, 4.69) is 20.3 Å². The van der Waals surface area contributed by atoms with E-state index in [-0.39, 0.29) is 5.91 Å². The van der Waals surface area contributed by atoms with Crippen LogP contribution in [0.2, 0.25) is 0 Å². The zero-order valence-electron chi connectivity index (χ0n) is 16.5. The van der Waals surface area contributed by atoms with Crippen molar-refractivity contribution < 1.29 is 9.53 Å². The van der Waals surface area contributed by atoms with Crippen LogP contribution in [0.1, 0.15) is 10.5 Å². The molecule has 31 heavy (non-hydrogen) atoms. The molecule has 5 aromatic rings. The number of thiazole rings is 1. The number of nitrogens with one attached hydrogen (secondary N) is 1. The molecule has 0 aliphatic heterocycles. The van der Waals surface area contributed by atoms with E-state index in [4.69, 9.17) is 4.74 Å². The third kappa shape index (κ3) is 3.76. The summed E-state index contributed by atoms with van der Waals surface area (Å²) in [6, 6.07) is 17.0. The molecule has 0 bridgehead atoms. The van der Waals surface area contributed by atoms with E-state index in [1.165, 1.54) is 11.3 Å². The molecule has 7 nitrogen and oxygen atoms in total. The van der Waals surface area contributed by atoms with Crippen LogP contribution in [0.15, 0.2) is 78.6 Å². The monoisotopic (exact) mass is 427 g/mol. The van der Waals surface area contributed by atoms with Gasteiger partial charge in [0.25, 0.3) is 5.91 Å². The number of carbonyl (C=O) groups excluding carboxylic acids is 1. The van der Waals surface area contributed by atoms with Crippen LogP contribution in [0.3, 0.4) is 0 Å². The molecular weight excluding hydrogens is 410 g/mol. The number of nitrogens with zero attached hydrogens (tertiary/aromatic N) is 4. The maximum atomic E-state index is 12.7. The number of fused-ring (bicyclic) bond motifs is 1. The fourth-order valence-corrected chi connectivity index (χ4v) is 4.04. The highest BCUT2D eigenvalue weighted by Gasteiger charge is 2.15. The quantitative estimate of drug-likeness (QED) is 0.437. The number of hydrogen-bond donors (Lipinski definition) is 1. The fourth-order valence-electron chi connectivity index (χ4n) is 3.21. The van der Waals surface area contributed by atoms with Crippen LogP contribution in [0.4, 0.5) is 5.69 Å². The lowest BCUT2D eigenvalue weighted by Crippen LogP contribution is -2.12. The largest absolute Gasteiger partial charge is 0.496 e. The van der Waals surface area contributed by atoms with Gasteiger partial charge in [-0.05, 0) is 30.3 Å². The van der Waals surface area contributed by atoms with Crippen molar-refractivity contribution in [2.45, 2.75) is 0 Å². The molecule has 0 atom stereocenters. The highest BCUT2D eigenvalue weighted by atomic mass is 32.1. The molecule has 3 heterocycles. The van der Waals surface area contributed by atoms with Gasteiger partial charge in [-0.25, -0.2) is 15.0 Å². The summed E-state index contributed by atoms with van der Waals surface area (Å²) >= 11 is 1.40. The van der Waals surface area contributed by atoms with Gasteiger partial charge < -0.3 is 10.1 Å². The van der Waals surface area contributed by atoms with Gasteiger partial charge in [-0.1, -0.05) is 24.3 Å². The number of aromatic nitrogens is 4. The first-order valence-electron chi connectivity index (χ1n) is 9.52. The van der Waals surface area contributed by atoms with Crippen LogP contribution in [0, 0.1) is 0 Å². The van der Waals surface area contributed by atoms with Crippen LogP contribution in [-0.4, -0.2) is 32.4 Å². The topological polar surface area (TPSA) is 81.4 Å². The number of anilines is 1. The lowest BCUT2D eigenvalue weighted by Gasteiger charge is -2.05. The smallest absolute Gasteiger partial charge is 0.275 e. The van der Waals surface area contributed by atoms with Gasteiger partial charge in [0, 0.05) is 35.2 Å². The minimum Gasteiger partial charge on any atom is -0.496 e. The van der Waals surface area contributed by atoms with Crippen LogP contribution >= 0.6 is 11.3 Å². The molecule has 0 saturated heterocycles. The number of rotatable bonds is 5. The number of carbonyl (C=O) groups is 1. The number of para-hydroxylation sites is 1. The minimum absolute atomic E-state index is 0.262. The molecule has 2 aromatic carbocycles. The molecule has 152 valence electrons. The Morgan fingerprint density at radius 3 is 2.71 bits per heavy atom. The van der Waals surface area contributed by atoms with Gasteiger partial charge in [0.05, 0.1) is 18.4 Å². The first kappa shape index (κ1) is 19.0. The Labute approximate surface area is 182 Å². The molecule has 1 N–H and O–H groups in total. The first-order valence-corrected chi connectivity index (χ1v) is 10.4. The van der Waals surface area contributed by atoms with Gasteiger partial charge in [-0.3, -0.25) is 9.20 Å². The third-order valence-electron chi connectivity index (χ3n) is 4.75. The van der Waals surface area contributed by atoms with Crippen molar-refractivity contribution in [3.05, 3.63) is 84.3 Å². The molecule has 3 aromatic heterocycles. The molecule has 0 fully saturated rings. The van der Waals surface area contributed by atoms with Crippen molar-refractivity contribution in [1.82, 2.24) is 19.4 Å². The Bertz CT molecular complexity index is 1340. The second kappa shape index (κ2) is 8.00. The zero-order chi connectivity index (χ0) is 21.2. The summed E-state index contributed by atoms with van der Waals surface area (Å²) in [5.41, 5.74) is 3.66. The third-order valence-corrected chi connectivity index (χ3v) is 5.62. The van der Waals surface area contributed by atoms with Gasteiger partial charge in [-0.15, -0.1) is 11.3 Å². The first-order chi connectivity index (χ1) is 15.2. The number of ether oxygens (including phenoxy) is 1. The molecular formula is C23H17N5O2S. The Morgan fingerprint density at radius 2 is 1.90 bits per heavy atom. The second-order valence-corrected chi connectivity index (χ2v) is 7.58. The van der Waals surface area contributed by atoms with Crippen LogP contribution < -0.4 is 10.1 Å².